The lowest BCUT2D eigenvalue weighted by Gasteiger charge is -2.18. The van der Waals surface area contributed by atoms with Gasteiger partial charge in [-0.2, -0.15) is 0 Å². The topological polar surface area (TPSA) is 43.4 Å². The SMILES string of the molecule is CCOC1C(=O)CCCC1=O. The van der Waals surface area contributed by atoms with E-state index >= 15 is 0 Å². The molecule has 1 saturated carbocycles. The maximum absolute atomic E-state index is 11.0. The molecule has 0 unspecified atom stereocenters. The fraction of sp³-hybridized carbons (Fsp3) is 0.750. The molecule has 1 fully saturated rings. The zero-order chi connectivity index (χ0) is 8.27. The standard InChI is InChI=1S/C8H12O3/c1-2-11-8-6(9)4-3-5-7(8)10/h8H,2-5H2,1H3. The zero-order valence-electron chi connectivity index (χ0n) is 6.63. The van der Waals surface area contributed by atoms with Crippen molar-refractivity contribution < 1.29 is 14.3 Å². The fourth-order valence-corrected chi connectivity index (χ4v) is 1.23. The van der Waals surface area contributed by atoms with Gasteiger partial charge in [0, 0.05) is 19.4 Å². The molecule has 0 aromatic heterocycles. The van der Waals surface area contributed by atoms with E-state index in [1.54, 1.807) is 6.92 Å². The molecule has 1 aliphatic rings. The van der Waals surface area contributed by atoms with Gasteiger partial charge in [0.25, 0.3) is 0 Å². The largest absolute Gasteiger partial charge is 0.363 e. The molecule has 0 bridgehead atoms. The number of hydrogen-bond donors (Lipinski definition) is 0. The molecule has 0 aromatic carbocycles. The van der Waals surface area contributed by atoms with Crippen LogP contribution in [0.2, 0.25) is 0 Å². The summed E-state index contributed by atoms with van der Waals surface area (Å²) < 4.78 is 5.01. The Labute approximate surface area is 65.7 Å². The van der Waals surface area contributed by atoms with Gasteiger partial charge in [0.1, 0.15) is 0 Å². The van der Waals surface area contributed by atoms with Crippen LogP contribution in [-0.2, 0) is 14.3 Å². The number of Topliss-reactive ketones (excluding diaryl/α,β-unsaturated/α-hetero) is 2. The van der Waals surface area contributed by atoms with Gasteiger partial charge >= 0.3 is 0 Å². The van der Waals surface area contributed by atoms with Gasteiger partial charge in [-0.15, -0.1) is 0 Å². The molecule has 0 heterocycles. The Morgan fingerprint density at radius 2 is 1.91 bits per heavy atom. The summed E-state index contributed by atoms with van der Waals surface area (Å²) in [6.07, 6.45) is 0.947. The first-order valence-electron chi connectivity index (χ1n) is 3.92. The summed E-state index contributed by atoms with van der Waals surface area (Å²) >= 11 is 0. The van der Waals surface area contributed by atoms with E-state index in [1.807, 2.05) is 0 Å². The molecule has 0 spiro atoms. The smallest absolute Gasteiger partial charge is 0.173 e. The van der Waals surface area contributed by atoms with Gasteiger partial charge in [-0.05, 0) is 13.3 Å². The number of carbonyl (C=O) groups is 2. The van der Waals surface area contributed by atoms with E-state index in [-0.39, 0.29) is 11.6 Å². The average Bonchev–Trinajstić information content (AvgIpc) is 1.97. The van der Waals surface area contributed by atoms with Crippen molar-refractivity contribution in [1.29, 1.82) is 0 Å². The van der Waals surface area contributed by atoms with E-state index in [9.17, 15) is 9.59 Å². The van der Waals surface area contributed by atoms with Crippen LogP contribution in [0.5, 0.6) is 0 Å². The molecule has 11 heavy (non-hydrogen) atoms. The van der Waals surface area contributed by atoms with Crippen LogP contribution in [0.15, 0.2) is 0 Å². The Morgan fingerprint density at radius 3 is 2.36 bits per heavy atom. The van der Waals surface area contributed by atoms with Crippen molar-refractivity contribution in [3.8, 4) is 0 Å². The number of hydrogen-bond acceptors (Lipinski definition) is 3. The van der Waals surface area contributed by atoms with E-state index in [0.717, 1.165) is 0 Å². The van der Waals surface area contributed by atoms with E-state index in [1.165, 1.54) is 0 Å². The molecule has 0 atom stereocenters. The van der Waals surface area contributed by atoms with Crippen molar-refractivity contribution in [2.24, 2.45) is 0 Å². The molecule has 0 amide bonds. The van der Waals surface area contributed by atoms with E-state index in [0.29, 0.717) is 25.9 Å². The Balaban J connectivity index is 2.55. The Hall–Kier alpha value is -0.700. The lowest BCUT2D eigenvalue weighted by molar-refractivity contribution is -0.145. The van der Waals surface area contributed by atoms with Gasteiger partial charge in [-0.1, -0.05) is 0 Å². The lowest BCUT2D eigenvalue weighted by Crippen LogP contribution is -2.36. The summed E-state index contributed by atoms with van der Waals surface area (Å²) in [7, 11) is 0. The molecular formula is C8H12O3. The number of carbonyl (C=O) groups excluding carboxylic acids is 2. The van der Waals surface area contributed by atoms with Gasteiger partial charge in [0.15, 0.2) is 17.7 Å². The third-order valence-electron chi connectivity index (χ3n) is 1.76. The Kier molecular flexibility index (Phi) is 2.76. The third kappa shape index (κ3) is 1.87. The summed E-state index contributed by atoms with van der Waals surface area (Å²) in [5, 5.41) is 0. The molecule has 0 aromatic rings. The predicted octanol–water partition coefficient (Wildman–Crippen LogP) is 0.714. The second-order valence-electron chi connectivity index (χ2n) is 2.62. The second-order valence-corrected chi connectivity index (χ2v) is 2.62. The van der Waals surface area contributed by atoms with Crippen LogP contribution in [0.4, 0.5) is 0 Å². The molecule has 0 saturated heterocycles. The van der Waals surface area contributed by atoms with Crippen molar-refractivity contribution >= 4 is 11.6 Å². The molecule has 3 nitrogen and oxygen atoms in total. The number of ether oxygens (including phenoxy) is 1. The summed E-state index contributed by atoms with van der Waals surface area (Å²) in [5.41, 5.74) is 0. The highest BCUT2D eigenvalue weighted by atomic mass is 16.5. The van der Waals surface area contributed by atoms with Gasteiger partial charge < -0.3 is 4.74 Å². The van der Waals surface area contributed by atoms with Crippen LogP contribution in [0.1, 0.15) is 26.2 Å². The molecule has 1 aliphatic carbocycles. The number of ketones is 2. The van der Waals surface area contributed by atoms with Crippen molar-refractivity contribution in [3.63, 3.8) is 0 Å². The first kappa shape index (κ1) is 8.40. The highest BCUT2D eigenvalue weighted by Gasteiger charge is 2.29. The van der Waals surface area contributed by atoms with Crippen LogP contribution in [0.25, 0.3) is 0 Å². The summed E-state index contributed by atoms with van der Waals surface area (Å²) in [6.45, 7) is 2.22. The Bertz CT molecular complexity index is 158. The highest BCUT2D eigenvalue weighted by Crippen LogP contribution is 2.13. The highest BCUT2D eigenvalue weighted by molar-refractivity contribution is 6.07. The average molecular weight is 156 g/mol. The van der Waals surface area contributed by atoms with Crippen LogP contribution in [0.3, 0.4) is 0 Å². The van der Waals surface area contributed by atoms with E-state index in [2.05, 4.69) is 0 Å². The van der Waals surface area contributed by atoms with Gasteiger partial charge in [0.2, 0.25) is 0 Å². The van der Waals surface area contributed by atoms with Gasteiger partial charge in [-0.25, -0.2) is 0 Å². The van der Waals surface area contributed by atoms with Crippen molar-refractivity contribution in [3.05, 3.63) is 0 Å². The van der Waals surface area contributed by atoms with Crippen LogP contribution >= 0.6 is 0 Å². The predicted molar refractivity (Wildman–Crippen MR) is 39.3 cm³/mol. The quantitative estimate of drug-likeness (QED) is 0.553. The molecule has 0 N–H and O–H groups in total. The van der Waals surface area contributed by atoms with Gasteiger partial charge in [-0.3, -0.25) is 9.59 Å². The molecule has 0 aliphatic heterocycles. The van der Waals surface area contributed by atoms with Crippen LogP contribution in [-0.4, -0.2) is 24.3 Å². The van der Waals surface area contributed by atoms with Crippen molar-refractivity contribution in [2.75, 3.05) is 6.61 Å². The molecular weight excluding hydrogens is 144 g/mol. The van der Waals surface area contributed by atoms with E-state index < -0.39 is 6.10 Å². The molecule has 1 rings (SSSR count). The monoisotopic (exact) mass is 156 g/mol. The molecule has 62 valence electrons. The molecule has 3 heteroatoms. The summed E-state index contributed by atoms with van der Waals surface area (Å²) in [5.74, 6) is -0.105. The second kappa shape index (κ2) is 3.62. The fourth-order valence-electron chi connectivity index (χ4n) is 1.23. The first-order valence-corrected chi connectivity index (χ1v) is 3.92. The maximum Gasteiger partial charge on any atom is 0.173 e. The molecule has 0 radical (unpaired) electrons. The van der Waals surface area contributed by atoms with Gasteiger partial charge in [0.05, 0.1) is 0 Å². The minimum absolute atomic E-state index is 0.0527. The zero-order valence-corrected chi connectivity index (χ0v) is 6.63. The van der Waals surface area contributed by atoms with Crippen molar-refractivity contribution in [2.45, 2.75) is 32.3 Å². The normalized spacial score (nSPS) is 20.8. The first-order chi connectivity index (χ1) is 5.25. The minimum Gasteiger partial charge on any atom is -0.363 e. The van der Waals surface area contributed by atoms with Crippen molar-refractivity contribution in [1.82, 2.24) is 0 Å². The van der Waals surface area contributed by atoms with E-state index in [4.69, 9.17) is 4.74 Å². The maximum atomic E-state index is 11.0. The summed E-state index contributed by atoms with van der Waals surface area (Å²) in [6, 6.07) is 0. The minimum atomic E-state index is -0.742. The third-order valence-corrected chi connectivity index (χ3v) is 1.76. The lowest BCUT2D eigenvalue weighted by atomic mass is 9.95. The number of rotatable bonds is 2. The summed E-state index contributed by atoms with van der Waals surface area (Å²) in [4.78, 5) is 22.1. The Morgan fingerprint density at radius 1 is 1.36 bits per heavy atom. The van der Waals surface area contributed by atoms with Crippen LogP contribution < -0.4 is 0 Å². The van der Waals surface area contributed by atoms with Crippen LogP contribution in [0, 0.1) is 0 Å².